The Hall–Kier alpha value is -2.43. The zero-order valence-corrected chi connectivity index (χ0v) is 23.4. The Bertz CT molecular complexity index is 1030. The highest BCUT2D eigenvalue weighted by atomic mass is 19.1. The van der Waals surface area contributed by atoms with Crippen molar-refractivity contribution in [2.24, 2.45) is 28.6 Å². The van der Waals surface area contributed by atoms with E-state index in [0.717, 1.165) is 19.8 Å². The maximum Gasteiger partial charge on any atom is 0.303 e. The van der Waals surface area contributed by atoms with Gasteiger partial charge in [-0.25, -0.2) is 4.39 Å². The molecule has 4 aliphatic carbocycles. The van der Waals surface area contributed by atoms with Crippen LogP contribution < -0.4 is 0 Å². The summed E-state index contributed by atoms with van der Waals surface area (Å²) in [6.45, 7) is 7.54. The van der Waals surface area contributed by atoms with Crippen LogP contribution >= 0.6 is 0 Å². The Balaban J connectivity index is 0.000000412. The standard InChI is InChI=1S/C22H29FO5.C5H10O2.C2H4O2/c1-12-8-16-15-5-4-13-9-14(25)6-7-19(13,2)21(15,23)17(26)10-20(16,3)22(12,28)18(27)11-24;1-2-3-4-5(6)7;1-2(3)4/h6-7,9,12,15-17,24,26,28H,4-5,8,10-11H2,1-3H3;2-4H2,1H3,(H,6,7);1H3,(H,3,4)/t12-,15+,16+,17+,19+,20+,21+,22+;;/m1../s1. The van der Waals surface area contributed by atoms with Gasteiger partial charge < -0.3 is 25.5 Å². The molecule has 8 atom stereocenters. The van der Waals surface area contributed by atoms with Crippen LogP contribution in [0.1, 0.15) is 79.6 Å². The van der Waals surface area contributed by atoms with Gasteiger partial charge >= 0.3 is 5.97 Å². The quantitative estimate of drug-likeness (QED) is 0.342. The summed E-state index contributed by atoms with van der Waals surface area (Å²) in [4.78, 5) is 43.1. The highest BCUT2D eigenvalue weighted by Gasteiger charge is 2.75. The molecule has 0 aromatic heterocycles. The Morgan fingerprint density at radius 3 is 2.23 bits per heavy atom. The number of rotatable bonds is 5. The van der Waals surface area contributed by atoms with Gasteiger partial charge in [0, 0.05) is 30.1 Å². The van der Waals surface area contributed by atoms with E-state index in [1.54, 1.807) is 26.8 Å². The number of aliphatic hydroxyl groups excluding tert-OH is 2. The van der Waals surface area contributed by atoms with Gasteiger partial charge in [0.1, 0.15) is 12.2 Å². The van der Waals surface area contributed by atoms with Gasteiger partial charge in [0.25, 0.3) is 5.97 Å². The summed E-state index contributed by atoms with van der Waals surface area (Å²) < 4.78 is 16.9. The van der Waals surface area contributed by atoms with Crippen molar-refractivity contribution in [1.29, 1.82) is 0 Å². The summed E-state index contributed by atoms with van der Waals surface area (Å²) in [5.41, 5.74) is -5.17. The second-order valence-electron chi connectivity index (χ2n) is 11.8. The Morgan fingerprint density at radius 2 is 1.74 bits per heavy atom. The number of allylic oxidation sites excluding steroid dienone is 4. The predicted molar refractivity (Wildman–Crippen MR) is 140 cm³/mol. The summed E-state index contributed by atoms with van der Waals surface area (Å²) in [7, 11) is 0. The predicted octanol–water partition coefficient (Wildman–Crippen LogP) is 3.25. The van der Waals surface area contributed by atoms with E-state index < -0.39 is 64.4 Å². The number of fused-ring (bicyclic) bond motifs is 5. The maximum absolute atomic E-state index is 16.9. The zero-order chi connectivity index (χ0) is 30.0. The Kier molecular flexibility index (Phi) is 10.1. The number of aliphatic carboxylic acids is 2. The first-order valence-electron chi connectivity index (χ1n) is 13.6. The molecular weight excluding hydrogens is 511 g/mol. The van der Waals surface area contributed by atoms with Crippen molar-refractivity contribution < 1.29 is 49.1 Å². The maximum atomic E-state index is 16.9. The minimum absolute atomic E-state index is 0.0676. The van der Waals surface area contributed by atoms with Gasteiger partial charge in [-0.15, -0.1) is 0 Å². The average molecular weight is 555 g/mol. The number of carboxylic acid groups (broad SMARTS) is 2. The fourth-order valence-corrected chi connectivity index (χ4v) is 7.59. The molecule has 0 aliphatic heterocycles. The van der Waals surface area contributed by atoms with E-state index in [-0.39, 0.29) is 18.1 Å². The van der Waals surface area contributed by atoms with Gasteiger partial charge in [0.15, 0.2) is 17.2 Å². The number of carbonyl (C=O) groups is 4. The summed E-state index contributed by atoms with van der Waals surface area (Å²) in [5, 5.41) is 47.4. The molecule has 0 aromatic carbocycles. The number of carboxylic acids is 2. The second-order valence-corrected chi connectivity index (χ2v) is 11.8. The first kappa shape index (κ1) is 32.8. The summed E-state index contributed by atoms with van der Waals surface area (Å²) in [5.74, 6) is -3.65. The van der Waals surface area contributed by atoms with Crippen LogP contribution in [-0.2, 0) is 19.2 Å². The third-order valence-electron chi connectivity index (χ3n) is 9.54. The number of aliphatic hydroxyl groups is 3. The van der Waals surface area contributed by atoms with Crippen molar-refractivity contribution in [3.63, 3.8) is 0 Å². The van der Waals surface area contributed by atoms with Gasteiger partial charge in [-0.05, 0) is 63.0 Å². The first-order valence-corrected chi connectivity index (χ1v) is 13.6. The number of ketones is 2. The molecule has 9 nitrogen and oxygen atoms in total. The molecule has 0 bridgehead atoms. The van der Waals surface area contributed by atoms with Crippen LogP contribution in [0, 0.1) is 28.6 Å². The topological polar surface area (TPSA) is 169 Å². The molecule has 0 saturated heterocycles. The van der Waals surface area contributed by atoms with Crippen molar-refractivity contribution in [3.05, 3.63) is 23.8 Å². The molecule has 3 saturated carbocycles. The third-order valence-corrected chi connectivity index (χ3v) is 9.54. The van der Waals surface area contributed by atoms with Crippen LogP contribution in [-0.4, -0.2) is 73.0 Å². The molecule has 5 N–H and O–H groups in total. The minimum Gasteiger partial charge on any atom is -0.481 e. The van der Waals surface area contributed by atoms with Gasteiger partial charge in [-0.3, -0.25) is 19.2 Å². The van der Waals surface area contributed by atoms with E-state index >= 15 is 4.39 Å². The van der Waals surface area contributed by atoms with E-state index in [0.29, 0.717) is 31.3 Å². The highest BCUT2D eigenvalue weighted by molar-refractivity contribution is 6.01. The highest BCUT2D eigenvalue weighted by Crippen LogP contribution is 2.70. The number of unbranched alkanes of at least 4 members (excludes halogenated alkanes) is 1. The molecule has 0 aromatic rings. The van der Waals surface area contributed by atoms with Crippen molar-refractivity contribution in [2.75, 3.05) is 6.61 Å². The second kappa shape index (κ2) is 12.0. The molecule has 4 rings (SSSR count). The van der Waals surface area contributed by atoms with Crippen LogP contribution in [0.25, 0.3) is 0 Å². The van der Waals surface area contributed by atoms with Crippen molar-refractivity contribution in [2.45, 2.75) is 96.9 Å². The van der Waals surface area contributed by atoms with Crippen LogP contribution in [0.3, 0.4) is 0 Å². The third kappa shape index (κ3) is 5.47. The number of carbonyl (C=O) groups excluding carboxylic acids is 2. The molecule has 0 heterocycles. The van der Waals surface area contributed by atoms with E-state index in [2.05, 4.69) is 0 Å². The van der Waals surface area contributed by atoms with Gasteiger partial charge in [0.2, 0.25) is 0 Å². The molecule has 3 fully saturated rings. The van der Waals surface area contributed by atoms with Gasteiger partial charge in [0.05, 0.1) is 6.10 Å². The molecule has 39 heavy (non-hydrogen) atoms. The minimum atomic E-state index is -1.98. The van der Waals surface area contributed by atoms with Gasteiger partial charge in [-0.2, -0.15) is 0 Å². The zero-order valence-electron chi connectivity index (χ0n) is 23.4. The normalized spacial score (nSPS) is 39.9. The molecule has 0 spiro atoms. The molecule has 10 heteroatoms. The van der Waals surface area contributed by atoms with Gasteiger partial charge in [-0.1, -0.05) is 38.8 Å². The molecule has 4 aliphatic rings. The van der Waals surface area contributed by atoms with Crippen molar-refractivity contribution in [3.8, 4) is 0 Å². The number of hydrogen-bond donors (Lipinski definition) is 5. The number of Topliss-reactive ketones (excluding diaryl/α,β-unsaturated/α-hetero) is 1. The summed E-state index contributed by atoms with van der Waals surface area (Å²) >= 11 is 0. The SMILES string of the molecule is CC(=O)O.CCCCC(=O)O.C[C@@H]1C[C@H]2[C@@H]3CCC4=CC(=O)C=C[C@]4(C)[C@@]3(F)[C@@H](O)C[C@]2(C)[C@@]1(O)C(=O)CO. The lowest BCUT2D eigenvalue weighted by Crippen LogP contribution is -2.69. The number of halogens is 1. The van der Waals surface area contributed by atoms with E-state index in [4.69, 9.17) is 15.0 Å². The fraction of sp³-hybridized carbons (Fsp3) is 0.724. The molecule has 220 valence electrons. The van der Waals surface area contributed by atoms with Crippen LogP contribution in [0.15, 0.2) is 23.8 Å². The lowest BCUT2D eigenvalue weighted by Gasteiger charge is -2.62. The molecular formula is C29H43FO9. The average Bonchev–Trinajstić information content (AvgIpc) is 3.05. The molecule has 0 unspecified atom stereocenters. The summed E-state index contributed by atoms with van der Waals surface area (Å²) in [6.07, 6.45) is 6.52. The molecule has 0 radical (unpaired) electrons. The fourth-order valence-electron chi connectivity index (χ4n) is 7.59. The monoisotopic (exact) mass is 554 g/mol. The first-order chi connectivity index (χ1) is 18.0. The Labute approximate surface area is 228 Å². The smallest absolute Gasteiger partial charge is 0.303 e. The van der Waals surface area contributed by atoms with Crippen LogP contribution in [0.2, 0.25) is 0 Å². The molecule has 0 amide bonds. The lowest BCUT2D eigenvalue weighted by atomic mass is 9.44. The van der Waals surface area contributed by atoms with E-state index in [1.807, 2.05) is 6.92 Å². The largest absolute Gasteiger partial charge is 0.481 e. The van der Waals surface area contributed by atoms with Crippen LogP contribution in [0.4, 0.5) is 4.39 Å². The van der Waals surface area contributed by atoms with Crippen molar-refractivity contribution in [1.82, 2.24) is 0 Å². The van der Waals surface area contributed by atoms with Crippen LogP contribution in [0.5, 0.6) is 0 Å². The number of hydrogen-bond acceptors (Lipinski definition) is 7. The lowest BCUT2D eigenvalue weighted by molar-refractivity contribution is -0.219. The van der Waals surface area contributed by atoms with Crippen molar-refractivity contribution >= 4 is 23.5 Å². The van der Waals surface area contributed by atoms with E-state index in [9.17, 15) is 29.7 Å². The summed E-state index contributed by atoms with van der Waals surface area (Å²) in [6, 6.07) is 0. The van der Waals surface area contributed by atoms with E-state index in [1.165, 1.54) is 12.2 Å². The number of alkyl halides is 1. The Morgan fingerprint density at radius 1 is 1.15 bits per heavy atom.